The van der Waals surface area contributed by atoms with Crippen LogP contribution in [0, 0.1) is 5.92 Å². The number of benzene rings is 1. The molecule has 1 aromatic rings. The van der Waals surface area contributed by atoms with Gasteiger partial charge in [-0.3, -0.25) is 4.79 Å². The summed E-state index contributed by atoms with van der Waals surface area (Å²) in [4.78, 5) is 12.0. The summed E-state index contributed by atoms with van der Waals surface area (Å²) in [6.07, 6.45) is 5.67. The summed E-state index contributed by atoms with van der Waals surface area (Å²) in [5.41, 5.74) is 2.91. The summed E-state index contributed by atoms with van der Waals surface area (Å²) >= 11 is 0. The first-order chi connectivity index (χ1) is 9.22. The average Bonchev–Trinajstić information content (AvgIpc) is 2.45. The van der Waals surface area contributed by atoms with Gasteiger partial charge in [0.05, 0.1) is 0 Å². The standard InChI is InChI=1S/C17H25NO/c1-3-7-13(2)17(19)18-12-15-10-6-9-14-8-4-5-11-16(14)15/h4-5,8,11,13,15H,3,6-7,9-10,12H2,1-2H3,(H,18,19). The smallest absolute Gasteiger partial charge is 0.222 e. The van der Waals surface area contributed by atoms with E-state index in [1.807, 2.05) is 6.92 Å². The molecule has 0 saturated heterocycles. The van der Waals surface area contributed by atoms with Crippen LogP contribution in [-0.2, 0) is 11.2 Å². The Kier molecular flexibility index (Phi) is 5.00. The molecule has 0 aromatic heterocycles. The van der Waals surface area contributed by atoms with E-state index in [1.54, 1.807) is 0 Å². The zero-order valence-corrected chi connectivity index (χ0v) is 12.1. The summed E-state index contributed by atoms with van der Waals surface area (Å²) in [6.45, 7) is 4.94. The predicted octanol–water partition coefficient (Wildman–Crippen LogP) is 3.66. The van der Waals surface area contributed by atoms with Crippen LogP contribution in [0.15, 0.2) is 24.3 Å². The van der Waals surface area contributed by atoms with Crippen molar-refractivity contribution in [2.45, 2.75) is 51.9 Å². The van der Waals surface area contributed by atoms with Crippen molar-refractivity contribution < 1.29 is 4.79 Å². The van der Waals surface area contributed by atoms with Crippen molar-refractivity contribution in [3.63, 3.8) is 0 Å². The number of hydrogen-bond acceptors (Lipinski definition) is 1. The van der Waals surface area contributed by atoms with Crippen molar-refractivity contribution in [3.05, 3.63) is 35.4 Å². The molecule has 0 spiro atoms. The summed E-state index contributed by atoms with van der Waals surface area (Å²) in [5, 5.41) is 3.14. The van der Waals surface area contributed by atoms with Crippen molar-refractivity contribution in [2.24, 2.45) is 5.92 Å². The maximum Gasteiger partial charge on any atom is 0.222 e. The van der Waals surface area contributed by atoms with E-state index in [9.17, 15) is 4.79 Å². The topological polar surface area (TPSA) is 29.1 Å². The van der Waals surface area contributed by atoms with Crippen molar-refractivity contribution in [3.8, 4) is 0 Å². The van der Waals surface area contributed by atoms with Crippen LogP contribution in [0.3, 0.4) is 0 Å². The van der Waals surface area contributed by atoms with Crippen LogP contribution in [0.1, 0.15) is 56.6 Å². The number of fused-ring (bicyclic) bond motifs is 1. The Morgan fingerprint density at radius 2 is 2.21 bits per heavy atom. The van der Waals surface area contributed by atoms with Gasteiger partial charge >= 0.3 is 0 Å². The van der Waals surface area contributed by atoms with Crippen LogP contribution in [0.4, 0.5) is 0 Å². The van der Waals surface area contributed by atoms with E-state index in [-0.39, 0.29) is 11.8 Å². The molecule has 2 nitrogen and oxygen atoms in total. The molecule has 0 radical (unpaired) electrons. The molecule has 2 heteroatoms. The van der Waals surface area contributed by atoms with Gasteiger partial charge in [0, 0.05) is 18.4 Å². The highest BCUT2D eigenvalue weighted by atomic mass is 16.1. The molecule has 0 aliphatic heterocycles. The van der Waals surface area contributed by atoms with Gasteiger partial charge in [0.2, 0.25) is 5.91 Å². The van der Waals surface area contributed by atoms with Gasteiger partial charge in [-0.25, -0.2) is 0 Å². The highest BCUT2D eigenvalue weighted by Crippen LogP contribution is 2.30. The van der Waals surface area contributed by atoms with Gasteiger partial charge in [0.15, 0.2) is 0 Å². The van der Waals surface area contributed by atoms with Gasteiger partial charge in [-0.15, -0.1) is 0 Å². The monoisotopic (exact) mass is 259 g/mol. The fourth-order valence-electron chi connectivity index (χ4n) is 3.03. The van der Waals surface area contributed by atoms with E-state index >= 15 is 0 Å². The number of carbonyl (C=O) groups is 1. The Balaban J connectivity index is 1.92. The van der Waals surface area contributed by atoms with Crippen LogP contribution in [-0.4, -0.2) is 12.5 Å². The number of nitrogens with one attached hydrogen (secondary N) is 1. The molecule has 1 aliphatic carbocycles. The van der Waals surface area contributed by atoms with Crippen LogP contribution in [0.25, 0.3) is 0 Å². The first-order valence-electron chi connectivity index (χ1n) is 7.58. The molecule has 1 aliphatic rings. The third kappa shape index (κ3) is 3.59. The van der Waals surface area contributed by atoms with E-state index < -0.39 is 0 Å². The van der Waals surface area contributed by atoms with Crippen molar-refractivity contribution in [1.82, 2.24) is 5.32 Å². The number of aryl methyl sites for hydroxylation is 1. The Bertz CT molecular complexity index is 427. The predicted molar refractivity (Wildman–Crippen MR) is 79.2 cm³/mol. The number of hydrogen-bond donors (Lipinski definition) is 1. The molecule has 2 unspecified atom stereocenters. The van der Waals surface area contributed by atoms with Crippen molar-refractivity contribution in [2.75, 3.05) is 6.54 Å². The van der Waals surface area contributed by atoms with Crippen molar-refractivity contribution >= 4 is 5.91 Å². The molecule has 0 bridgehead atoms. The maximum absolute atomic E-state index is 12.0. The number of rotatable bonds is 5. The summed E-state index contributed by atoms with van der Waals surface area (Å²) < 4.78 is 0. The Labute approximate surface area is 116 Å². The fraction of sp³-hybridized carbons (Fsp3) is 0.588. The number of carbonyl (C=O) groups excluding carboxylic acids is 1. The molecular formula is C17H25NO. The van der Waals surface area contributed by atoms with E-state index in [0.717, 1.165) is 19.4 Å². The molecule has 2 rings (SSSR count). The van der Waals surface area contributed by atoms with Gasteiger partial charge in [-0.1, -0.05) is 44.5 Å². The van der Waals surface area contributed by atoms with Gasteiger partial charge in [-0.05, 0) is 36.8 Å². The van der Waals surface area contributed by atoms with Gasteiger partial charge in [-0.2, -0.15) is 0 Å². The SMILES string of the molecule is CCCC(C)C(=O)NCC1CCCc2ccccc21. The second kappa shape index (κ2) is 6.74. The first-order valence-corrected chi connectivity index (χ1v) is 7.58. The largest absolute Gasteiger partial charge is 0.355 e. The lowest BCUT2D eigenvalue weighted by atomic mass is 9.83. The Morgan fingerprint density at radius 3 is 3.00 bits per heavy atom. The van der Waals surface area contributed by atoms with Crippen LogP contribution < -0.4 is 5.32 Å². The Morgan fingerprint density at radius 1 is 1.42 bits per heavy atom. The van der Waals surface area contributed by atoms with Crippen LogP contribution in [0.5, 0.6) is 0 Å². The lowest BCUT2D eigenvalue weighted by Crippen LogP contribution is -2.33. The molecule has 0 fully saturated rings. The highest BCUT2D eigenvalue weighted by Gasteiger charge is 2.21. The first kappa shape index (κ1) is 14.1. The minimum Gasteiger partial charge on any atom is -0.355 e. The lowest BCUT2D eigenvalue weighted by Gasteiger charge is -2.26. The number of amides is 1. The van der Waals surface area contributed by atoms with E-state index in [1.165, 1.54) is 30.4 Å². The van der Waals surface area contributed by atoms with Gasteiger partial charge in [0.1, 0.15) is 0 Å². The zero-order chi connectivity index (χ0) is 13.7. The van der Waals surface area contributed by atoms with Crippen molar-refractivity contribution in [1.29, 1.82) is 0 Å². The minimum absolute atomic E-state index is 0.142. The average molecular weight is 259 g/mol. The normalized spacial score (nSPS) is 19.6. The molecule has 1 aromatic carbocycles. The second-order valence-electron chi connectivity index (χ2n) is 5.72. The zero-order valence-electron chi connectivity index (χ0n) is 12.1. The van der Waals surface area contributed by atoms with Gasteiger partial charge in [0.25, 0.3) is 0 Å². The molecule has 19 heavy (non-hydrogen) atoms. The molecule has 0 saturated carbocycles. The summed E-state index contributed by atoms with van der Waals surface area (Å²) in [6, 6.07) is 8.67. The molecule has 1 N–H and O–H groups in total. The highest BCUT2D eigenvalue weighted by molar-refractivity contribution is 5.78. The van der Waals surface area contributed by atoms with Gasteiger partial charge < -0.3 is 5.32 Å². The molecular weight excluding hydrogens is 234 g/mol. The molecule has 0 heterocycles. The summed E-state index contributed by atoms with van der Waals surface area (Å²) in [7, 11) is 0. The van der Waals surface area contributed by atoms with E-state index in [4.69, 9.17) is 0 Å². The second-order valence-corrected chi connectivity index (χ2v) is 5.72. The quantitative estimate of drug-likeness (QED) is 0.859. The van der Waals surface area contributed by atoms with E-state index in [0.29, 0.717) is 5.92 Å². The maximum atomic E-state index is 12.0. The lowest BCUT2D eigenvalue weighted by molar-refractivity contribution is -0.124. The molecule has 2 atom stereocenters. The third-order valence-corrected chi connectivity index (χ3v) is 4.19. The van der Waals surface area contributed by atoms with E-state index in [2.05, 4.69) is 36.5 Å². The minimum atomic E-state index is 0.142. The van der Waals surface area contributed by atoms with Crippen LogP contribution >= 0.6 is 0 Å². The summed E-state index contributed by atoms with van der Waals surface area (Å²) in [5.74, 6) is 0.858. The fourth-order valence-corrected chi connectivity index (χ4v) is 3.03. The van der Waals surface area contributed by atoms with Crippen LogP contribution in [0.2, 0.25) is 0 Å². The third-order valence-electron chi connectivity index (χ3n) is 4.19. The molecule has 1 amide bonds. The Hall–Kier alpha value is -1.31. The molecule has 104 valence electrons.